The molecular formula is C23H22F3NO6. The smallest absolute Gasteiger partial charge is 0.394 e. The Hall–Kier alpha value is -2.76. The molecule has 0 aromatic heterocycles. The third-order valence-corrected chi connectivity index (χ3v) is 5.83. The number of Topliss-reactive ketones (excluding diaryl/α,β-unsaturated/α-hetero) is 1. The number of rotatable bonds is 4. The molecule has 5 atom stereocenters. The van der Waals surface area contributed by atoms with Crippen molar-refractivity contribution in [2.45, 2.75) is 43.2 Å². The van der Waals surface area contributed by atoms with E-state index in [1.54, 1.807) is 18.2 Å². The van der Waals surface area contributed by atoms with Crippen molar-refractivity contribution in [2.75, 3.05) is 11.9 Å². The number of benzene rings is 2. The second kappa shape index (κ2) is 8.88. The first-order chi connectivity index (χ1) is 15.6. The number of aliphatic hydroxyl groups excluding tert-OH is 4. The molecule has 1 aliphatic carbocycles. The molecule has 10 heteroatoms. The molecule has 1 fully saturated rings. The zero-order chi connectivity index (χ0) is 23.9. The fourth-order valence-corrected chi connectivity index (χ4v) is 4.26. The molecule has 176 valence electrons. The van der Waals surface area contributed by atoms with Gasteiger partial charge in [0.15, 0.2) is 12.1 Å². The van der Waals surface area contributed by atoms with Crippen LogP contribution < -0.4 is 5.32 Å². The highest BCUT2D eigenvalue weighted by Crippen LogP contribution is 2.45. The number of ketones is 1. The van der Waals surface area contributed by atoms with Crippen LogP contribution in [0.1, 0.15) is 16.7 Å². The molecule has 0 amide bonds. The monoisotopic (exact) mass is 465 g/mol. The normalized spacial score (nSPS) is 28.0. The highest BCUT2D eigenvalue weighted by Gasteiger charge is 2.45. The van der Waals surface area contributed by atoms with E-state index >= 15 is 0 Å². The Morgan fingerprint density at radius 2 is 1.73 bits per heavy atom. The van der Waals surface area contributed by atoms with Gasteiger partial charge in [0.2, 0.25) is 0 Å². The summed E-state index contributed by atoms with van der Waals surface area (Å²) in [6.07, 6.45) is -10.9. The molecule has 0 saturated carbocycles. The van der Waals surface area contributed by atoms with E-state index in [2.05, 4.69) is 5.32 Å². The number of carbonyl (C=O) groups excluding carboxylic acids is 1. The van der Waals surface area contributed by atoms with E-state index < -0.39 is 54.8 Å². The largest absolute Gasteiger partial charge is 0.417 e. The molecule has 7 nitrogen and oxygen atoms in total. The Morgan fingerprint density at radius 3 is 2.36 bits per heavy atom. The zero-order valence-electron chi connectivity index (χ0n) is 17.2. The Morgan fingerprint density at radius 1 is 1.03 bits per heavy atom. The molecule has 1 heterocycles. The quantitative estimate of drug-likeness (QED) is 0.464. The number of ether oxygens (including phenoxy) is 1. The number of nitrogens with one attached hydrogen (secondary N) is 1. The van der Waals surface area contributed by atoms with Gasteiger partial charge < -0.3 is 30.5 Å². The third-order valence-electron chi connectivity index (χ3n) is 5.83. The van der Waals surface area contributed by atoms with Crippen LogP contribution in [0.4, 0.5) is 18.9 Å². The Balaban J connectivity index is 1.71. The van der Waals surface area contributed by atoms with Gasteiger partial charge in [-0.15, -0.1) is 0 Å². The fraction of sp³-hybridized carbons (Fsp3) is 0.348. The van der Waals surface area contributed by atoms with Crippen molar-refractivity contribution >= 4 is 22.6 Å². The van der Waals surface area contributed by atoms with Crippen molar-refractivity contribution in [3.63, 3.8) is 0 Å². The van der Waals surface area contributed by atoms with Crippen LogP contribution in [0.2, 0.25) is 0 Å². The summed E-state index contributed by atoms with van der Waals surface area (Å²) in [6.45, 7) is -0.626. The predicted octanol–water partition coefficient (Wildman–Crippen LogP) is 1.50. The lowest BCUT2D eigenvalue weighted by molar-refractivity contribution is -0.245. The number of fused-ring (bicyclic) bond motifs is 1. The van der Waals surface area contributed by atoms with Crippen LogP contribution in [-0.4, -0.2) is 69.6 Å². The van der Waals surface area contributed by atoms with Crippen LogP contribution in [0.25, 0.3) is 11.1 Å². The molecule has 0 radical (unpaired) electrons. The molecule has 1 saturated heterocycles. The highest BCUT2D eigenvalue weighted by atomic mass is 19.4. The number of anilines is 1. The standard InChI is InChI=1S/C23H22F3NO6/c24-23(25,26)18-14-7-6-13(27-19-21(31)20(30)16(10-28)33-22(19)32)8-12(14)9-15(29)17(18)11-4-2-1-3-5-11/h1-8,16,19-22,27-28,30-32H,9-10H2/t16?,19?,20-,21-,22?/m1/s1. The molecule has 3 unspecified atom stereocenters. The van der Waals surface area contributed by atoms with E-state index in [0.717, 1.165) is 0 Å². The summed E-state index contributed by atoms with van der Waals surface area (Å²) in [6, 6.07) is 10.3. The van der Waals surface area contributed by atoms with E-state index in [0.29, 0.717) is 0 Å². The number of alkyl halides is 3. The summed E-state index contributed by atoms with van der Waals surface area (Å²) in [5.41, 5.74) is -1.01. The topological polar surface area (TPSA) is 119 Å². The number of hydrogen-bond donors (Lipinski definition) is 5. The van der Waals surface area contributed by atoms with Gasteiger partial charge in [-0.25, -0.2) is 0 Å². The van der Waals surface area contributed by atoms with Crippen LogP contribution >= 0.6 is 0 Å². The second-order valence-corrected chi connectivity index (χ2v) is 7.98. The van der Waals surface area contributed by atoms with Crippen molar-refractivity contribution < 1.29 is 43.1 Å². The van der Waals surface area contributed by atoms with Crippen molar-refractivity contribution in [3.05, 3.63) is 65.2 Å². The van der Waals surface area contributed by atoms with Crippen LogP contribution in [0, 0.1) is 0 Å². The first-order valence-electron chi connectivity index (χ1n) is 10.2. The Bertz CT molecular complexity index is 1070. The van der Waals surface area contributed by atoms with Crippen LogP contribution in [0.15, 0.2) is 48.5 Å². The molecule has 4 rings (SSSR count). The minimum Gasteiger partial charge on any atom is -0.394 e. The maximum absolute atomic E-state index is 14.1. The molecule has 5 N–H and O–H groups in total. The molecule has 2 aromatic rings. The Labute approximate surface area is 186 Å². The summed E-state index contributed by atoms with van der Waals surface area (Å²) in [7, 11) is 0. The van der Waals surface area contributed by atoms with Crippen molar-refractivity contribution in [1.82, 2.24) is 0 Å². The van der Waals surface area contributed by atoms with Gasteiger partial charge in [-0.05, 0) is 28.8 Å². The van der Waals surface area contributed by atoms with E-state index in [1.165, 1.54) is 30.3 Å². The lowest BCUT2D eigenvalue weighted by atomic mass is 9.81. The number of halogens is 3. The van der Waals surface area contributed by atoms with Crippen LogP contribution in [-0.2, 0) is 16.0 Å². The summed E-state index contributed by atoms with van der Waals surface area (Å²) in [4.78, 5) is 12.8. The van der Waals surface area contributed by atoms with E-state index in [1.807, 2.05) is 0 Å². The van der Waals surface area contributed by atoms with E-state index in [-0.39, 0.29) is 34.4 Å². The summed E-state index contributed by atoms with van der Waals surface area (Å²) < 4.78 is 47.3. The van der Waals surface area contributed by atoms with E-state index in [4.69, 9.17) is 9.84 Å². The lowest BCUT2D eigenvalue weighted by Gasteiger charge is -2.40. The molecule has 33 heavy (non-hydrogen) atoms. The van der Waals surface area contributed by atoms with Gasteiger partial charge in [0.05, 0.1) is 12.2 Å². The molecular weight excluding hydrogens is 443 g/mol. The maximum Gasteiger partial charge on any atom is 0.417 e. The fourth-order valence-electron chi connectivity index (χ4n) is 4.26. The van der Waals surface area contributed by atoms with Gasteiger partial charge in [-0.1, -0.05) is 36.4 Å². The second-order valence-electron chi connectivity index (χ2n) is 7.98. The molecule has 1 aliphatic heterocycles. The first-order valence-corrected chi connectivity index (χ1v) is 10.2. The minimum atomic E-state index is -4.78. The predicted molar refractivity (Wildman–Crippen MR) is 112 cm³/mol. The molecule has 0 spiro atoms. The maximum atomic E-state index is 14.1. The van der Waals surface area contributed by atoms with Gasteiger partial charge in [0.1, 0.15) is 24.4 Å². The van der Waals surface area contributed by atoms with Crippen LogP contribution in [0.3, 0.4) is 0 Å². The highest BCUT2D eigenvalue weighted by molar-refractivity contribution is 6.31. The number of carbonyl (C=O) groups is 1. The number of aliphatic hydroxyl groups is 4. The SMILES string of the molecule is O=C1Cc2cc(NC3C(O)OC(CO)[C@@H](O)[C@@H]3O)ccc2C(C(F)(F)F)=C1c1ccccc1. The molecule has 0 bridgehead atoms. The van der Waals surface area contributed by atoms with Gasteiger partial charge >= 0.3 is 6.18 Å². The van der Waals surface area contributed by atoms with Crippen molar-refractivity contribution in [2.24, 2.45) is 0 Å². The summed E-state index contributed by atoms with van der Waals surface area (Å²) in [5.74, 6) is -0.680. The lowest BCUT2D eigenvalue weighted by Crippen LogP contribution is -2.61. The zero-order valence-corrected chi connectivity index (χ0v) is 17.2. The first kappa shape index (κ1) is 23.4. The van der Waals surface area contributed by atoms with E-state index in [9.17, 15) is 33.3 Å². The van der Waals surface area contributed by atoms with Crippen LogP contribution in [0.5, 0.6) is 0 Å². The van der Waals surface area contributed by atoms with Gasteiger partial charge in [-0.3, -0.25) is 4.79 Å². The summed E-state index contributed by atoms with van der Waals surface area (Å²) >= 11 is 0. The average molecular weight is 465 g/mol. The van der Waals surface area contributed by atoms with Gasteiger partial charge in [0.25, 0.3) is 0 Å². The average Bonchev–Trinajstić information content (AvgIpc) is 2.78. The molecule has 2 aliphatic rings. The van der Waals surface area contributed by atoms with Crippen molar-refractivity contribution in [3.8, 4) is 0 Å². The Kier molecular flexibility index (Phi) is 6.30. The van der Waals surface area contributed by atoms with Gasteiger partial charge in [-0.2, -0.15) is 13.2 Å². The minimum absolute atomic E-state index is 0.131. The third kappa shape index (κ3) is 4.40. The number of allylic oxidation sites excluding steroid dienone is 2. The van der Waals surface area contributed by atoms with Crippen molar-refractivity contribution in [1.29, 1.82) is 0 Å². The number of hydrogen-bond acceptors (Lipinski definition) is 7. The van der Waals surface area contributed by atoms with Gasteiger partial charge in [0, 0.05) is 17.7 Å². The summed E-state index contributed by atoms with van der Waals surface area (Å²) in [5, 5.41) is 42.4. The molecule has 2 aromatic carbocycles.